The molecule has 0 fully saturated rings. The molecule has 0 saturated heterocycles. The fraction of sp³-hybridized carbons (Fsp3) is 0.500. The van der Waals surface area contributed by atoms with Gasteiger partial charge in [0.05, 0.1) is 0 Å². The number of aliphatic hydroxyl groups is 1. The molecule has 0 aromatic rings. The van der Waals surface area contributed by atoms with Gasteiger partial charge < -0.3 is 10.0 Å². The Morgan fingerprint density at radius 3 is 1.61 bits per heavy atom. The standard InChI is InChI=1S/C6H7B2NO2.C4H8O.2CH4/c1-2-3-4-9(5(7)10)6(8)11;1-2-3-4-5;;/h2H,1,3-4H2;2,5H,1,3-4H2;2*1H4. The summed E-state index contributed by atoms with van der Waals surface area (Å²) in [6, 6.07) is 0. The average molecular weight is 251 g/mol. The zero-order chi connectivity index (χ0) is 13.0. The number of nitrogens with zero attached hydrogens (tertiary/aromatic N) is 1. The molecular weight excluding hydrogens is 228 g/mol. The Morgan fingerprint density at radius 2 is 1.44 bits per heavy atom. The Bertz CT molecular complexity index is 231. The van der Waals surface area contributed by atoms with Gasteiger partial charge in [0.15, 0.2) is 11.6 Å². The highest BCUT2D eigenvalue weighted by molar-refractivity contribution is 6.65. The summed E-state index contributed by atoms with van der Waals surface area (Å²) in [5.74, 6) is -1.67. The number of carbonyl (C=O) groups is 2. The van der Waals surface area contributed by atoms with Crippen molar-refractivity contribution in [2.24, 2.45) is 0 Å². The SMILES string of the molecule is C.C.C=CCCO.[B]C(=O)N(CCC=C)C([B])=O. The van der Waals surface area contributed by atoms with E-state index in [9.17, 15) is 9.59 Å². The normalized spacial score (nSPS) is 7.39. The summed E-state index contributed by atoms with van der Waals surface area (Å²) in [5.41, 5.74) is 0. The minimum Gasteiger partial charge on any atom is -0.396 e. The van der Waals surface area contributed by atoms with E-state index in [1.165, 1.54) is 0 Å². The summed E-state index contributed by atoms with van der Waals surface area (Å²) in [5, 5.41) is 8.00. The van der Waals surface area contributed by atoms with E-state index in [-0.39, 0.29) is 28.0 Å². The first kappa shape index (κ1) is 25.5. The molecule has 6 heteroatoms. The predicted molar refractivity (Wildman–Crippen MR) is 79.2 cm³/mol. The molecule has 0 spiro atoms. The molecule has 100 valence electrons. The number of hydrogen-bond donors (Lipinski definition) is 1. The van der Waals surface area contributed by atoms with Crippen LogP contribution in [0.5, 0.6) is 0 Å². The van der Waals surface area contributed by atoms with Gasteiger partial charge in [-0.3, -0.25) is 9.59 Å². The zero-order valence-corrected chi connectivity index (χ0v) is 9.26. The predicted octanol–water partition coefficient (Wildman–Crippen LogP) is 2.27. The molecule has 0 aliphatic rings. The highest BCUT2D eigenvalue weighted by Crippen LogP contribution is 1.93. The first-order chi connectivity index (χ1) is 7.51. The van der Waals surface area contributed by atoms with Crippen molar-refractivity contribution in [1.82, 2.24) is 4.90 Å². The number of imide groups is 1. The Labute approximate surface area is 114 Å². The summed E-state index contributed by atoms with van der Waals surface area (Å²) in [6.07, 6.45) is 4.45. The number of aliphatic hydroxyl groups excluding tert-OH is 1. The lowest BCUT2D eigenvalue weighted by atomic mass is 10.0. The second-order valence-electron chi connectivity index (χ2n) is 2.71. The van der Waals surface area contributed by atoms with E-state index in [4.69, 9.17) is 20.8 Å². The van der Waals surface area contributed by atoms with Crippen LogP contribution in [0.2, 0.25) is 0 Å². The first-order valence-corrected chi connectivity index (χ1v) is 4.70. The van der Waals surface area contributed by atoms with E-state index in [2.05, 4.69) is 13.2 Å². The van der Waals surface area contributed by atoms with Crippen LogP contribution in [-0.2, 0) is 0 Å². The van der Waals surface area contributed by atoms with Crippen LogP contribution in [0.4, 0.5) is 9.59 Å². The van der Waals surface area contributed by atoms with Gasteiger partial charge in [-0.25, -0.2) is 0 Å². The summed E-state index contributed by atoms with van der Waals surface area (Å²) in [4.78, 5) is 21.7. The number of rotatable bonds is 5. The molecule has 0 saturated carbocycles. The van der Waals surface area contributed by atoms with Gasteiger partial charge in [0, 0.05) is 13.2 Å². The summed E-state index contributed by atoms with van der Waals surface area (Å²) < 4.78 is 0. The van der Waals surface area contributed by atoms with Crippen LogP contribution >= 0.6 is 0 Å². The quantitative estimate of drug-likeness (QED) is 0.602. The van der Waals surface area contributed by atoms with Gasteiger partial charge in [0.25, 0.3) is 0 Å². The Morgan fingerprint density at radius 1 is 1.06 bits per heavy atom. The fourth-order valence-electron chi connectivity index (χ4n) is 0.641. The number of hydrogen-bond acceptors (Lipinski definition) is 3. The van der Waals surface area contributed by atoms with E-state index in [1.807, 2.05) is 0 Å². The summed E-state index contributed by atoms with van der Waals surface area (Å²) >= 11 is 0. The highest BCUT2D eigenvalue weighted by atomic mass is 16.2. The van der Waals surface area contributed by atoms with Gasteiger partial charge in [-0.1, -0.05) is 27.0 Å². The molecule has 0 bridgehead atoms. The van der Waals surface area contributed by atoms with Crippen LogP contribution < -0.4 is 0 Å². The van der Waals surface area contributed by atoms with Crippen molar-refractivity contribution in [2.45, 2.75) is 27.7 Å². The van der Waals surface area contributed by atoms with Crippen LogP contribution in [0.3, 0.4) is 0 Å². The van der Waals surface area contributed by atoms with Crippen LogP contribution in [-0.4, -0.2) is 50.5 Å². The summed E-state index contributed by atoms with van der Waals surface area (Å²) in [6.45, 7) is 7.23. The highest BCUT2D eigenvalue weighted by Gasteiger charge is 2.09. The molecule has 0 aliphatic heterocycles. The van der Waals surface area contributed by atoms with Crippen LogP contribution in [0.25, 0.3) is 0 Å². The van der Waals surface area contributed by atoms with Crippen molar-refractivity contribution in [3.63, 3.8) is 0 Å². The van der Waals surface area contributed by atoms with Crippen LogP contribution in [0.15, 0.2) is 25.3 Å². The maximum atomic E-state index is 10.5. The molecule has 0 unspecified atom stereocenters. The number of amides is 2. The maximum absolute atomic E-state index is 10.5. The lowest BCUT2D eigenvalue weighted by molar-refractivity contribution is 0.215. The maximum Gasteiger partial charge on any atom is 0.201 e. The monoisotopic (exact) mass is 251 g/mol. The molecule has 2 amide bonds. The molecule has 0 aromatic heterocycles. The van der Waals surface area contributed by atoms with E-state index >= 15 is 0 Å². The third-order valence-electron chi connectivity index (χ3n) is 1.42. The minimum absolute atomic E-state index is 0. The molecule has 0 aliphatic carbocycles. The van der Waals surface area contributed by atoms with Crippen LogP contribution in [0.1, 0.15) is 27.7 Å². The lowest BCUT2D eigenvalue weighted by Crippen LogP contribution is -2.35. The van der Waals surface area contributed by atoms with Gasteiger partial charge in [0.2, 0.25) is 15.7 Å². The van der Waals surface area contributed by atoms with Crippen molar-refractivity contribution in [1.29, 1.82) is 0 Å². The van der Waals surface area contributed by atoms with Gasteiger partial charge in [0.1, 0.15) is 0 Å². The zero-order valence-electron chi connectivity index (χ0n) is 9.26. The fourth-order valence-corrected chi connectivity index (χ4v) is 0.641. The second kappa shape index (κ2) is 18.1. The molecule has 4 nitrogen and oxygen atoms in total. The lowest BCUT2D eigenvalue weighted by Gasteiger charge is -2.16. The molecule has 18 heavy (non-hydrogen) atoms. The van der Waals surface area contributed by atoms with E-state index < -0.39 is 11.6 Å². The Kier molecular flexibility index (Phi) is 25.6. The Hall–Kier alpha value is -1.29. The molecule has 0 aromatic carbocycles. The second-order valence-corrected chi connectivity index (χ2v) is 2.71. The van der Waals surface area contributed by atoms with Crippen molar-refractivity contribution in [3.05, 3.63) is 25.3 Å². The van der Waals surface area contributed by atoms with E-state index in [0.717, 1.165) is 4.90 Å². The minimum atomic E-state index is -0.834. The topological polar surface area (TPSA) is 57.6 Å². The molecule has 0 heterocycles. The van der Waals surface area contributed by atoms with Crippen molar-refractivity contribution >= 4 is 27.3 Å². The van der Waals surface area contributed by atoms with Crippen molar-refractivity contribution < 1.29 is 14.7 Å². The molecular formula is C12H23B2NO3. The van der Waals surface area contributed by atoms with Gasteiger partial charge in [-0.2, -0.15) is 0 Å². The van der Waals surface area contributed by atoms with Crippen molar-refractivity contribution in [3.8, 4) is 0 Å². The first-order valence-electron chi connectivity index (χ1n) is 4.70. The molecule has 1 N–H and O–H groups in total. The largest absolute Gasteiger partial charge is 0.396 e. The van der Waals surface area contributed by atoms with Crippen LogP contribution in [0, 0.1) is 0 Å². The average Bonchev–Trinajstić information content (AvgIpc) is 2.19. The summed E-state index contributed by atoms with van der Waals surface area (Å²) in [7, 11) is 9.66. The molecule has 0 atom stereocenters. The number of carbonyl (C=O) groups excluding carboxylic acids is 2. The molecule has 4 radical (unpaired) electrons. The Balaban J connectivity index is -0.000000122. The van der Waals surface area contributed by atoms with E-state index in [0.29, 0.717) is 12.8 Å². The van der Waals surface area contributed by atoms with Gasteiger partial charge in [-0.05, 0) is 12.8 Å². The van der Waals surface area contributed by atoms with Crippen molar-refractivity contribution in [2.75, 3.05) is 13.2 Å². The third-order valence-corrected chi connectivity index (χ3v) is 1.42. The van der Waals surface area contributed by atoms with E-state index in [1.54, 1.807) is 12.2 Å². The van der Waals surface area contributed by atoms with Gasteiger partial charge in [-0.15, -0.1) is 13.2 Å². The van der Waals surface area contributed by atoms with Gasteiger partial charge >= 0.3 is 0 Å². The molecule has 0 rings (SSSR count). The third kappa shape index (κ3) is 17.1. The smallest absolute Gasteiger partial charge is 0.201 e.